The van der Waals surface area contributed by atoms with Crippen molar-refractivity contribution in [3.05, 3.63) is 29.8 Å². The molecule has 2 aliphatic heterocycles. The Balaban J connectivity index is 1.70. The highest BCUT2D eigenvalue weighted by Crippen LogP contribution is 2.17. The number of carbonyl (C=O) groups is 1. The van der Waals surface area contributed by atoms with Crippen LogP contribution in [0, 0.1) is 5.92 Å². The number of amides is 1. The van der Waals surface area contributed by atoms with Crippen LogP contribution in [-0.2, 0) is 14.8 Å². The summed E-state index contributed by atoms with van der Waals surface area (Å²) in [5.41, 5.74) is 0.425. The van der Waals surface area contributed by atoms with Gasteiger partial charge in [0.2, 0.25) is 10.0 Å². The van der Waals surface area contributed by atoms with Crippen molar-refractivity contribution in [1.82, 2.24) is 9.62 Å². The molecule has 6 nitrogen and oxygen atoms in total. The largest absolute Gasteiger partial charge is 0.381 e. The Bertz CT molecular complexity index is 681. The van der Waals surface area contributed by atoms with Crippen LogP contribution in [0.25, 0.3) is 0 Å². The first-order chi connectivity index (χ1) is 11.6. The molecular weight excluding hydrogens is 348 g/mol. The molecule has 1 atom stereocenters. The van der Waals surface area contributed by atoms with Gasteiger partial charge in [-0.1, -0.05) is 6.07 Å². The number of thioether (sulfide) groups is 1. The van der Waals surface area contributed by atoms with Crippen molar-refractivity contribution in [2.75, 3.05) is 44.4 Å². The van der Waals surface area contributed by atoms with Crippen molar-refractivity contribution in [1.29, 1.82) is 0 Å². The Morgan fingerprint density at radius 2 is 2.12 bits per heavy atom. The number of sulfonamides is 1. The lowest BCUT2D eigenvalue weighted by atomic mass is 10.1. The summed E-state index contributed by atoms with van der Waals surface area (Å²) in [6.45, 7) is 3.06. The standard InChI is InChI=1S/C16H22N2O4S2/c19-16(18-5-8-23-9-6-18)14-2-1-3-15(10-14)24(20,21)17-11-13-4-7-22-12-13/h1-3,10,13,17H,4-9,11-12H2/t13-/m1/s1. The molecule has 1 N–H and O–H groups in total. The number of nitrogens with one attached hydrogen (secondary N) is 1. The summed E-state index contributed by atoms with van der Waals surface area (Å²) >= 11 is 1.83. The molecule has 0 unspecified atom stereocenters. The van der Waals surface area contributed by atoms with Gasteiger partial charge in [0.15, 0.2) is 0 Å². The third-order valence-corrected chi connectivity index (χ3v) is 6.64. The van der Waals surface area contributed by atoms with Crippen molar-refractivity contribution in [2.24, 2.45) is 5.92 Å². The van der Waals surface area contributed by atoms with E-state index in [2.05, 4.69) is 4.72 Å². The van der Waals surface area contributed by atoms with E-state index in [9.17, 15) is 13.2 Å². The normalized spacial score (nSPS) is 21.8. The molecule has 1 amide bonds. The predicted molar refractivity (Wildman–Crippen MR) is 93.8 cm³/mol. The fourth-order valence-corrected chi connectivity index (χ4v) is 4.87. The van der Waals surface area contributed by atoms with Gasteiger partial charge in [0, 0.05) is 43.3 Å². The zero-order chi connectivity index (χ0) is 17.0. The highest BCUT2D eigenvalue weighted by Gasteiger charge is 2.23. The third-order valence-electron chi connectivity index (χ3n) is 4.28. The summed E-state index contributed by atoms with van der Waals surface area (Å²) in [5, 5.41) is 0. The van der Waals surface area contributed by atoms with Gasteiger partial charge < -0.3 is 9.64 Å². The molecule has 0 aromatic heterocycles. The van der Waals surface area contributed by atoms with Crippen LogP contribution >= 0.6 is 11.8 Å². The molecule has 8 heteroatoms. The van der Waals surface area contributed by atoms with Crippen molar-refractivity contribution in [3.8, 4) is 0 Å². The zero-order valence-electron chi connectivity index (χ0n) is 13.4. The van der Waals surface area contributed by atoms with Crippen molar-refractivity contribution in [2.45, 2.75) is 11.3 Å². The first-order valence-corrected chi connectivity index (χ1v) is 10.7. The number of rotatable bonds is 5. The minimum absolute atomic E-state index is 0.100. The van der Waals surface area contributed by atoms with Crippen LogP contribution in [0.5, 0.6) is 0 Å². The Hall–Kier alpha value is -1.09. The molecule has 24 heavy (non-hydrogen) atoms. The summed E-state index contributed by atoms with van der Waals surface area (Å²) < 4.78 is 32.8. The summed E-state index contributed by atoms with van der Waals surface area (Å²) in [6.07, 6.45) is 0.869. The van der Waals surface area contributed by atoms with Gasteiger partial charge in [-0.15, -0.1) is 0 Å². The summed E-state index contributed by atoms with van der Waals surface area (Å²) in [4.78, 5) is 14.5. The molecule has 0 saturated carbocycles. The predicted octanol–water partition coefficient (Wildman–Crippen LogP) is 1.19. The smallest absolute Gasteiger partial charge is 0.253 e. The van der Waals surface area contributed by atoms with Crippen LogP contribution < -0.4 is 4.72 Å². The molecule has 0 bridgehead atoms. The van der Waals surface area contributed by atoms with Gasteiger partial charge in [-0.3, -0.25) is 4.79 Å². The van der Waals surface area contributed by atoms with Crippen LogP contribution in [-0.4, -0.2) is 63.6 Å². The van der Waals surface area contributed by atoms with E-state index >= 15 is 0 Å². The molecule has 0 radical (unpaired) electrons. The van der Waals surface area contributed by atoms with Gasteiger partial charge >= 0.3 is 0 Å². The summed E-state index contributed by atoms with van der Waals surface area (Å²) in [5.74, 6) is 1.97. The molecule has 2 aliphatic rings. The number of nitrogens with zero attached hydrogens (tertiary/aromatic N) is 1. The Labute approximate surface area is 147 Å². The molecule has 132 valence electrons. The molecule has 1 aromatic carbocycles. The van der Waals surface area contributed by atoms with Crippen LogP contribution in [0.1, 0.15) is 16.8 Å². The Morgan fingerprint density at radius 3 is 2.83 bits per heavy atom. The minimum atomic E-state index is -3.61. The Kier molecular flexibility index (Phi) is 5.80. The first kappa shape index (κ1) is 17.7. The second-order valence-corrected chi connectivity index (χ2v) is 9.01. The van der Waals surface area contributed by atoms with Crippen molar-refractivity contribution in [3.63, 3.8) is 0 Å². The van der Waals surface area contributed by atoms with E-state index in [1.807, 2.05) is 11.8 Å². The molecule has 2 heterocycles. The van der Waals surface area contributed by atoms with Gasteiger partial charge in [0.25, 0.3) is 5.91 Å². The summed E-state index contributed by atoms with van der Waals surface area (Å²) in [6, 6.07) is 6.29. The average molecular weight is 370 g/mol. The highest BCUT2D eigenvalue weighted by molar-refractivity contribution is 7.99. The minimum Gasteiger partial charge on any atom is -0.381 e. The monoisotopic (exact) mass is 370 g/mol. The number of hydrogen-bond acceptors (Lipinski definition) is 5. The lowest BCUT2D eigenvalue weighted by Crippen LogP contribution is -2.38. The maximum absolute atomic E-state index is 12.5. The van der Waals surface area contributed by atoms with Gasteiger partial charge in [0.05, 0.1) is 11.5 Å². The van der Waals surface area contributed by atoms with Gasteiger partial charge in [-0.2, -0.15) is 11.8 Å². The van der Waals surface area contributed by atoms with E-state index in [1.165, 1.54) is 12.1 Å². The number of carbonyl (C=O) groups excluding carboxylic acids is 1. The lowest BCUT2D eigenvalue weighted by molar-refractivity contribution is 0.0772. The number of ether oxygens (including phenoxy) is 1. The van der Waals surface area contributed by atoms with Gasteiger partial charge in [0.1, 0.15) is 0 Å². The van der Waals surface area contributed by atoms with E-state index < -0.39 is 10.0 Å². The molecule has 3 rings (SSSR count). The quantitative estimate of drug-likeness (QED) is 0.843. The first-order valence-electron chi connectivity index (χ1n) is 8.11. The van der Waals surface area contributed by atoms with E-state index in [4.69, 9.17) is 4.74 Å². The summed E-state index contributed by atoms with van der Waals surface area (Å²) in [7, 11) is -3.61. The Morgan fingerprint density at radius 1 is 1.33 bits per heavy atom. The van der Waals surface area contributed by atoms with Gasteiger partial charge in [-0.05, 0) is 30.5 Å². The van der Waals surface area contributed by atoms with Crippen LogP contribution in [0.15, 0.2) is 29.2 Å². The molecule has 2 fully saturated rings. The maximum Gasteiger partial charge on any atom is 0.253 e. The van der Waals surface area contributed by atoms with Crippen LogP contribution in [0.4, 0.5) is 0 Å². The zero-order valence-corrected chi connectivity index (χ0v) is 15.1. The van der Waals surface area contributed by atoms with Crippen molar-refractivity contribution < 1.29 is 17.9 Å². The average Bonchev–Trinajstić information content (AvgIpc) is 3.14. The molecule has 1 aromatic rings. The maximum atomic E-state index is 12.5. The van der Waals surface area contributed by atoms with E-state index in [0.717, 1.165) is 17.9 Å². The van der Waals surface area contributed by atoms with Crippen molar-refractivity contribution >= 4 is 27.7 Å². The van der Waals surface area contributed by atoms with Crippen LogP contribution in [0.3, 0.4) is 0 Å². The van der Waals surface area contributed by atoms with E-state index in [1.54, 1.807) is 17.0 Å². The number of hydrogen-bond donors (Lipinski definition) is 1. The second kappa shape index (κ2) is 7.86. The molecule has 0 spiro atoms. The lowest BCUT2D eigenvalue weighted by Gasteiger charge is -2.26. The second-order valence-electron chi connectivity index (χ2n) is 6.01. The fourth-order valence-electron chi connectivity index (χ4n) is 2.80. The molecule has 0 aliphatic carbocycles. The highest BCUT2D eigenvalue weighted by atomic mass is 32.2. The fraction of sp³-hybridized carbons (Fsp3) is 0.562. The van der Waals surface area contributed by atoms with Gasteiger partial charge in [-0.25, -0.2) is 13.1 Å². The van der Waals surface area contributed by atoms with E-state index in [0.29, 0.717) is 38.4 Å². The van der Waals surface area contributed by atoms with E-state index in [-0.39, 0.29) is 16.7 Å². The molecular formula is C16H22N2O4S2. The third kappa shape index (κ3) is 4.30. The topological polar surface area (TPSA) is 75.7 Å². The SMILES string of the molecule is O=C(c1cccc(S(=O)(=O)NC[C@H]2CCOC2)c1)N1CCSCC1. The van der Waals surface area contributed by atoms with Crippen LogP contribution in [0.2, 0.25) is 0 Å². The molecule has 2 saturated heterocycles. The number of benzene rings is 1.